The number of carbonyl (C=O) groups is 2. The highest BCUT2D eigenvalue weighted by molar-refractivity contribution is 6.06. The maximum absolute atomic E-state index is 12.6. The van der Waals surface area contributed by atoms with Crippen LogP contribution in [0, 0.1) is 0 Å². The summed E-state index contributed by atoms with van der Waals surface area (Å²) in [4.78, 5) is 24.6. The highest BCUT2D eigenvalue weighted by Crippen LogP contribution is 2.22. The van der Waals surface area contributed by atoms with Crippen LogP contribution < -0.4 is 15.4 Å². The summed E-state index contributed by atoms with van der Waals surface area (Å²) in [5, 5.41) is 9.38. The van der Waals surface area contributed by atoms with Crippen molar-refractivity contribution < 1.29 is 18.7 Å². The van der Waals surface area contributed by atoms with Crippen molar-refractivity contribution >= 4 is 17.5 Å². The van der Waals surface area contributed by atoms with E-state index in [-0.39, 0.29) is 24.0 Å². The number of carbonyl (C=O) groups excluding carboxylic acids is 2. The van der Waals surface area contributed by atoms with Crippen LogP contribution in [0.25, 0.3) is 0 Å². The van der Waals surface area contributed by atoms with Gasteiger partial charge in [-0.05, 0) is 49.1 Å². The van der Waals surface area contributed by atoms with Gasteiger partial charge in [0, 0.05) is 19.8 Å². The summed E-state index contributed by atoms with van der Waals surface area (Å²) < 4.78 is 13.0. The van der Waals surface area contributed by atoms with E-state index in [1.807, 2.05) is 19.1 Å². The van der Waals surface area contributed by atoms with E-state index in [0.29, 0.717) is 23.9 Å². The molecule has 0 spiro atoms. The Morgan fingerprint density at radius 2 is 1.87 bits per heavy atom. The molecular formula is C23H28N4O4. The molecule has 2 aromatic heterocycles. The maximum Gasteiger partial charge on any atom is 0.291 e. The lowest BCUT2D eigenvalue weighted by Gasteiger charge is -2.10. The molecule has 8 heteroatoms. The topological polar surface area (TPSA) is 98.4 Å². The lowest BCUT2D eigenvalue weighted by Crippen LogP contribution is -2.21. The molecule has 0 saturated carbocycles. The zero-order chi connectivity index (χ0) is 22.4. The predicted molar refractivity (Wildman–Crippen MR) is 117 cm³/mol. The number of nitrogens with zero attached hydrogens (tertiary/aromatic N) is 2. The fourth-order valence-electron chi connectivity index (χ4n) is 3.01. The third-order valence-electron chi connectivity index (χ3n) is 5.10. The molecule has 0 fully saturated rings. The molecule has 0 radical (unpaired) electrons. The van der Waals surface area contributed by atoms with Crippen LogP contribution in [0.15, 0.2) is 47.0 Å². The van der Waals surface area contributed by atoms with E-state index in [1.165, 1.54) is 12.6 Å². The first-order chi connectivity index (χ1) is 14.9. The van der Waals surface area contributed by atoms with Crippen LogP contribution in [0.1, 0.15) is 65.5 Å². The van der Waals surface area contributed by atoms with Crippen LogP contribution >= 0.6 is 0 Å². The average Bonchev–Trinajstić information content (AvgIpc) is 3.44. The molecule has 2 N–H and O–H groups in total. The molecule has 0 bridgehead atoms. The number of furan rings is 1. The highest BCUT2D eigenvalue weighted by Gasteiger charge is 2.20. The van der Waals surface area contributed by atoms with Crippen LogP contribution in [0.4, 0.5) is 5.69 Å². The van der Waals surface area contributed by atoms with Crippen molar-refractivity contribution in [2.24, 2.45) is 0 Å². The number of aromatic nitrogens is 2. The van der Waals surface area contributed by atoms with Gasteiger partial charge in [-0.3, -0.25) is 14.3 Å². The molecule has 8 nitrogen and oxygen atoms in total. The Balaban J connectivity index is 1.62. The molecule has 1 unspecified atom stereocenters. The molecule has 31 heavy (non-hydrogen) atoms. The van der Waals surface area contributed by atoms with Gasteiger partial charge in [-0.25, -0.2) is 0 Å². The number of aryl methyl sites for hydroxylation is 1. The average molecular weight is 425 g/mol. The van der Waals surface area contributed by atoms with E-state index in [0.717, 1.165) is 12.2 Å². The Hall–Kier alpha value is -3.55. The number of rotatable bonds is 9. The van der Waals surface area contributed by atoms with Crippen LogP contribution in [0.5, 0.6) is 5.75 Å². The van der Waals surface area contributed by atoms with Gasteiger partial charge < -0.3 is 19.8 Å². The largest absolute Gasteiger partial charge is 0.486 e. The molecule has 2 amide bonds. The minimum Gasteiger partial charge on any atom is -0.486 e. The van der Waals surface area contributed by atoms with Gasteiger partial charge in [-0.15, -0.1) is 0 Å². The molecule has 1 atom stereocenters. The van der Waals surface area contributed by atoms with Gasteiger partial charge in [0.25, 0.3) is 11.8 Å². The van der Waals surface area contributed by atoms with E-state index >= 15 is 0 Å². The van der Waals surface area contributed by atoms with Gasteiger partial charge in [0.05, 0.1) is 5.69 Å². The number of amides is 2. The van der Waals surface area contributed by atoms with Crippen molar-refractivity contribution in [3.8, 4) is 5.75 Å². The van der Waals surface area contributed by atoms with Gasteiger partial charge in [0.15, 0.2) is 11.5 Å². The predicted octanol–water partition coefficient (Wildman–Crippen LogP) is 4.20. The van der Waals surface area contributed by atoms with Crippen molar-refractivity contribution in [2.75, 3.05) is 12.4 Å². The molecule has 3 rings (SSSR count). The molecule has 0 aliphatic rings. The number of ether oxygens (including phenoxy) is 1. The Morgan fingerprint density at radius 1 is 1.13 bits per heavy atom. The molecule has 0 saturated heterocycles. The summed E-state index contributed by atoms with van der Waals surface area (Å²) in [6.07, 6.45) is 2.69. The summed E-state index contributed by atoms with van der Waals surface area (Å²) >= 11 is 0. The van der Waals surface area contributed by atoms with Gasteiger partial charge in [-0.1, -0.05) is 26.0 Å². The lowest BCUT2D eigenvalue weighted by molar-refractivity contribution is 0.0958. The summed E-state index contributed by atoms with van der Waals surface area (Å²) in [5.41, 5.74) is 1.74. The summed E-state index contributed by atoms with van der Waals surface area (Å²) in [6.45, 7) is 7.02. The first kappa shape index (κ1) is 22.1. The molecule has 0 aliphatic carbocycles. The molecular weight excluding hydrogens is 396 g/mol. The smallest absolute Gasteiger partial charge is 0.291 e. The number of nitrogens with one attached hydrogen (secondary N) is 2. The van der Waals surface area contributed by atoms with E-state index in [2.05, 4.69) is 41.7 Å². The molecule has 1 aromatic carbocycles. The third kappa shape index (κ3) is 5.33. The van der Waals surface area contributed by atoms with Crippen LogP contribution in [-0.4, -0.2) is 28.6 Å². The minimum atomic E-state index is -0.468. The number of benzene rings is 1. The van der Waals surface area contributed by atoms with Gasteiger partial charge >= 0.3 is 0 Å². The number of hydrogen-bond acceptors (Lipinski definition) is 5. The van der Waals surface area contributed by atoms with Crippen molar-refractivity contribution in [2.45, 2.75) is 46.3 Å². The second-order valence-electron chi connectivity index (χ2n) is 7.21. The highest BCUT2D eigenvalue weighted by atomic mass is 16.5. The molecule has 2 heterocycles. The minimum absolute atomic E-state index is 0.123. The van der Waals surface area contributed by atoms with Gasteiger partial charge in [0.2, 0.25) is 0 Å². The zero-order valence-corrected chi connectivity index (χ0v) is 18.3. The van der Waals surface area contributed by atoms with Crippen molar-refractivity contribution in [3.05, 3.63) is 65.4 Å². The van der Waals surface area contributed by atoms with Gasteiger partial charge in [0.1, 0.15) is 18.1 Å². The van der Waals surface area contributed by atoms with Crippen molar-refractivity contribution in [1.82, 2.24) is 15.1 Å². The van der Waals surface area contributed by atoms with Gasteiger partial charge in [-0.2, -0.15) is 5.10 Å². The maximum atomic E-state index is 12.6. The first-order valence-electron chi connectivity index (χ1n) is 10.4. The fourth-order valence-corrected chi connectivity index (χ4v) is 3.01. The van der Waals surface area contributed by atoms with Crippen LogP contribution in [-0.2, 0) is 13.2 Å². The zero-order valence-electron chi connectivity index (χ0n) is 18.3. The fraction of sp³-hybridized carbons (Fsp3) is 0.348. The van der Waals surface area contributed by atoms with E-state index in [9.17, 15) is 9.59 Å². The van der Waals surface area contributed by atoms with Crippen LogP contribution in [0.2, 0.25) is 0 Å². The second-order valence-corrected chi connectivity index (χ2v) is 7.21. The third-order valence-corrected chi connectivity index (χ3v) is 5.10. The lowest BCUT2D eigenvalue weighted by atomic mass is 9.99. The van der Waals surface area contributed by atoms with E-state index in [4.69, 9.17) is 9.15 Å². The van der Waals surface area contributed by atoms with E-state index in [1.54, 1.807) is 23.0 Å². The quantitative estimate of drug-likeness (QED) is 0.536. The second kappa shape index (κ2) is 9.97. The SMILES string of the molecule is CCC(C)c1ccc(OCc2ccc(C(=O)Nc3cn(CC)nc3C(=O)NC)o2)cc1. The van der Waals surface area contributed by atoms with E-state index < -0.39 is 5.91 Å². The van der Waals surface area contributed by atoms with Crippen molar-refractivity contribution in [1.29, 1.82) is 0 Å². The first-order valence-corrected chi connectivity index (χ1v) is 10.4. The van der Waals surface area contributed by atoms with Crippen LogP contribution in [0.3, 0.4) is 0 Å². The number of anilines is 1. The number of hydrogen-bond donors (Lipinski definition) is 2. The Bertz CT molecular complexity index is 1040. The summed E-state index contributed by atoms with van der Waals surface area (Å²) in [5.74, 6) is 1.04. The summed E-state index contributed by atoms with van der Waals surface area (Å²) in [7, 11) is 1.51. The molecule has 0 aliphatic heterocycles. The Morgan fingerprint density at radius 3 is 2.52 bits per heavy atom. The summed E-state index contributed by atoms with van der Waals surface area (Å²) in [6, 6.07) is 11.3. The monoisotopic (exact) mass is 424 g/mol. The standard InChI is InChI=1S/C23H28N4O4/c1-5-15(3)16-7-9-17(10-8-16)30-14-18-11-12-20(31-18)22(28)25-19-13-27(6-2)26-21(19)23(29)24-4/h7-13,15H,5-6,14H2,1-4H3,(H,24,29)(H,25,28). The normalized spacial score (nSPS) is 11.7. The molecule has 164 valence electrons. The van der Waals surface area contributed by atoms with Crippen molar-refractivity contribution in [3.63, 3.8) is 0 Å². The molecule has 3 aromatic rings. The Labute approximate surface area is 181 Å². The Kier molecular flexibility index (Phi) is 7.12.